The number of likely N-dealkylation sites (tertiary alicyclic amines) is 1. The van der Waals surface area contributed by atoms with E-state index >= 15 is 0 Å². The first-order chi connectivity index (χ1) is 7.15. The molecule has 1 heterocycles. The van der Waals surface area contributed by atoms with E-state index in [4.69, 9.17) is 0 Å². The van der Waals surface area contributed by atoms with Gasteiger partial charge in [0.15, 0.2) is 0 Å². The smallest absolute Gasteiger partial charge is 0.121 e. The maximum Gasteiger partial charge on any atom is 0.121 e. The van der Waals surface area contributed by atoms with Gasteiger partial charge in [-0.05, 0) is 33.2 Å². The highest BCUT2D eigenvalue weighted by Gasteiger charge is 2.42. The first kappa shape index (κ1) is 10.9. The van der Waals surface area contributed by atoms with Gasteiger partial charge < -0.3 is 4.90 Å². The number of nitrogens with zero attached hydrogens (tertiary/aromatic N) is 2. The average molecular weight is 207 g/mol. The van der Waals surface area contributed by atoms with E-state index in [2.05, 4.69) is 30.3 Å². The van der Waals surface area contributed by atoms with Crippen LogP contribution in [0.2, 0.25) is 0 Å². The summed E-state index contributed by atoms with van der Waals surface area (Å²) in [5.74, 6) is 0. The molecule has 2 unspecified atom stereocenters. The minimum Gasteiger partial charge on any atom is -0.301 e. The molecule has 0 spiro atoms. The van der Waals surface area contributed by atoms with Gasteiger partial charge in [-0.3, -0.25) is 5.32 Å². The van der Waals surface area contributed by atoms with Crippen LogP contribution in [0.15, 0.2) is 0 Å². The van der Waals surface area contributed by atoms with Gasteiger partial charge in [0.05, 0.1) is 6.07 Å². The summed E-state index contributed by atoms with van der Waals surface area (Å²) in [5, 5.41) is 13.0. The lowest BCUT2D eigenvalue weighted by Gasteiger charge is -2.26. The molecule has 0 aromatic heterocycles. The zero-order chi connectivity index (χ0) is 10.9. The van der Waals surface area contributed by atoms with Crippen LogP contribution >= 0.6 is 0 Å². The van der Waals surface area contributed by atoms with Gasteiger partial charge in [0.1, 0.15) is 5.54 Å². The van der Waals surface area contributed by atoms with Crippen LogP contribution in [-0.2, 0) is 0 Å². The topological polar surface area (TPSA) is 39.1 Å². The van der Waals surface area contributed by atoms with E-state index in [0.29, 0.717) is 12.1 Å². The van der Waals surface area contributed by atoms with Gasteiger partial charge in [0, 0.05) is 18.6 Å². The minimum atomic E-state index is -0.275. The maximum atomic E-state index is 9.37. The van der Waals surface area contributed by atoms with Crippen LogP contribution in [0.5, 0.6) is 0 Å². The van der Waals surface area contributed by atoms with Crippen molar-refractivity contribution < 1.29 is 0 Å². The highest BCUT2D eigenvalue weighted by Crippen LogP contribution is 2.28. The molecule has 0 aromatic rings. The summed E-state index contributed by atoms with van der Waals surface area (Å²) in [5.41, 5.74) is -0.275. The molecule has 1 saturated carbocycles. The molecule has 2 aliphatic rings. The monoisotopic (exact) mass is 207 g/mol. The molecule has 3 heteroatoms. The van der Waals surface area contributed by atoms with Crippen molar-refractivity contribution in [3.05, 3.63) is 0 Å². The molecule has 1 N–H and O–H groups in total. The lowest BCUT2D eigenvalue weighted by atomic mass is 9.96. The molecule has 84 valence electrons. The predicted octanol–water partition coefficient (Wildman–Crippen LogP) is 1.50. The third-order valence-corrected chi connectivity index (χ3v) is 3.97. The van der Waals surface area contributed by atoms with Crippen molar-refractivity contribution >= 4 is 0 Å². The van der Waals surface area contributed by atoms with Crippen molar-refractivity contribution in [1.82, 2.24) is 10.2 Å². The standard InChI is InChI=1S/C12H21N3/c1-10-7-12(8-13,9-15(10)2)14-11-5-3-4-6-11/h10-11,14H,3-7,9H2,1-2H3. The fourth-order valence-corrected chi connectivity index (χ4v) is 2.99. The first-order valence-corrected chi connectivity index (χ1v) is 6.04. The molecule has 15 heavy (non-hydrogen) atoms. The van der Waals surface area contributed by atoms with Crippen LogP contribution in [0.4, 0.5) is 0 Å². The molecule has 2 rings (SSSR count). The van der Waals surface area contributed by atoms with Crippen molar-refractivity contribution in [1.29, 1.82) is 5.26 Å². The Kier molecular flexibility index (Phi) is 2.99. The van der Waals surface area contributed by atoms with Crippen molar-refractivity contribution in [3.8, 4) is 6.07 Å². The van der Waals surface area contributed by atoms with Gasteiger partial charge in [-0.15, -0.1) is 0 Å². The second-order valence-electron chi connectivity index (χ2n) is 5.29. The van der Waals surface area contributed by atoms with E-state index in [9.17, 15) is 5.26 Å². The Morgan fingerprint density at radius 3 is 2.53 bits per heavy atom. The fraction of sp³-hybridized carbons (Fsp3) is 0.917. The summed E-state index contributed by atoms with van der Waals surface area (Å²) in [6.07, 6.45) is 6.12. The van der Waals surface area contributed by atoms with Gasteiger partial charge in [-0.25, -0.2) is 0 Å². The Bertz CT molecular complexity index is 253. The largest absolute Gasteiger partial charge is 0.301 e. The van der Waals surface area contributed by atoms with Crippen LogP contribution < -0.4 is 5.32 Å². The molecule has 0 radical (unpaired) electrons. The number of rotatable bonds is 2. The maximum absolute atomic E-state index is 9.37. The first-order valence-electron chi connectivity index (χ1n) is 6.04. The molecular weight excluding hydrogens is 186 g/mol. The van der Waals surface area contributed by atoms with Crippen LogP contribution in [0.3, 0.4) is 0 Å². The molecular formula is C12H21N3. The van der Waals surface area contributed by atoms with Crippen molar-refractivity contribution in [3.63, 3.8) is 0 Å². The van der Waals surface area contributed by atoms with Crippen molar-refractivity contribution in [2.75, 3.05) is 13.6 Å². The Morgan fingerprint density at radius 2 is 2.07 bits per heavy atom. The average Bonchev–Trinajstić information content (AvgIpc) is 2.78. The van der Waals surface area contributed by atoms with E-state index < -0.39 is 0 Å². The number of hydrogen-bond acceptors (Lipinski definition) is 3. The second kappa shape index (κ2) is 4.11. The highest BCUT2D eigenvalue weighted by molar-refractivity contribution is 5.15. The Balaban J connectivity index is 2.00. The van der Waals surface area contributed by atoms with Gasteiger partial charge in [0.25, 0.3) is 0 Å². The molecule has 2 fully saturated rings. The van der Waals surface area contributed by atoms with Crippen LogP contribution in [0, 0.1) is 11.3 Å². The molecule has 0 amide bonds. The molecule has 1 aliphatic heterocycles. The summed E-state index contributed by atoms with van der Waals surface area (Å²) < 4.78 is 0. The molecule has 0 bridgehead atoms. The van der Waals surface area contributed by atoms with E-state index in [-0.39, 0.29) is 5.54 Å². The van der Waals surface area contributed by atoms with Gasteiger partial charge in [-0.1, -0.05) is 12.8 Å². The highest BCUT2D eigenvalue weighted by atomic mass is 15.2. The molecule has 3 nitrogen and oxygen atoms in total. The van der Waals surface area contributed by atoms with Crippen molar-refractivity contribution in [2.45, 2.75) is 56.7 Å². The van der Waals surface area contributed by atoms with E-state index in [1.807, 2.05) is 0 Å². The normalized spacial score (nSPS) is 38.3. The van der Waals surface area contributed by atoms with Gasteiger partial charge in [-0.2, -0.15) is 5.26 Å². The summed E-state index contributed by atoms with van der Waals surface area (Å²) in [7, 11) is 2.11. The molecule has 2 atom stereocenters. The van der Waals surface area contributed by atoms with Crippen LogP contribution in [0.25, 0.3) is 0 Å². The van der Waals surface area contributed by atoms with Crippen LogP contribution in [-0.4, -0.2) is 36.1 Å². The second-order valence-corrected chi connectivity index (χ2v) is 5.29. The number of hydrogen-bond donors (Lipinski definition) is 1. The lowest BCUT2D eigenvalue weighted by Crippen LogP contribution is -2.50. The zero-order valence-electron chi connectivity index (χ0n) is 9.79. The summed E-state index contributed by atoms with van der Waals surface area (Å²) in [6.45, 7) is 3.08. The summed E-state index contributed by atoms with van der Waals surface area (Å²) in [6, 6.07) is 3.63. The summed E-state index contributed by atoms with van der Waals surface area (Å²) in [4.78, 5) is 2.28. The third kappa shape index (κ3) is 2.16. The number of nitrogens with one attached hydrogen (secondary N) is 1. The van der Waals surface area contributed by atoms with Gasteiger partial charge >= 0.3 is 0 Å². The van der Waals surface area contributed by atoms with Gasteiger partial charge in [0.2, 0.25) is 0 Å². The Labute approximate surface area is 92.4 Å². The molecule has 1 saturated heterocycles. The third-order valence-electron chi connectivity index (χ3n) is 3.97. The Morgan fingerprint density at radius 1 is 1.40 bits per heavy atom. The number of likely N-dealkylation sites (N-methyl/N-ethyl adjacent to an activating group) is 1. The molecule has 0 aromatic carbocycles. The zero-order valence-corrected chi connectivity index (χ0v) is 9.79. The minimum absolute atomic E-state index is 0.275. The van der Waals surface area contributed by atoms with E-state index in [0.717, 1.165) is 13.0 Å². The SMILES string of the molecule is CC1CC(C#N)(NC2CCCC2)CN1C. The lowest BCUT2D eigenvalue weighted by molar-refractivity contribution is 0.310. The predicted molar refractivity (Wildman–Crippen MR) is 60.4 cm³/mol. The number of nitriles is 1. The fourth-order valence-electron chi connectivity index (χ4n) is 2.99. The molecule has 1 aliphatic carbocycles. The quantitative estimate of drug-likeness (QED) is 0.746. The van der Waals surface area contributed by atoms with Crippen LogP contribution in [0.1, 0.15) is 39.0 Å². The Hall–Kier alpha value is -0.590. The van der Waals surface area contributed by atoms with Crippen molar-refractivity contribution in [2.24, 2.45) is 0 Å². The van der Waals surface area contributed by atoms with E-state index in [1.165, 1.54) is 25.7 Å². The van der Waals surface area contributed by atoms with E-state index in [1.54, 1.807) is 0 Å². The summed E-state index contributed by atoms with van der Waals surface area (Å²) >= 11 is 0.